The van der Waals surface area contributed by atoms with Crippen LogP contribution in [0, 0.1) is 0 Å². The molecule has 0 fully saturated rings. The van der Waals surface area contributed by atoms with Crippen LogP contribution in [0.4, 0.5) is 11.4 Å². The molecule has 0 saturated carbocycles. The molecule has 2 aromatic heterocycles. The van der Waals surface area contributed by atoms with E-state index < -0.39 is 0 Å². The lowest BCUT2D eigenvalue weighted by atomic mass is 10.2. The van der Waals surface area contributed by atoms with Gasteiger partial charge in [0.05, 0.1) is 4.88 Å². The van der Waals surface area contributed by atoms with Gasteiger partial charge in [0.1, 0.15) is 5.69 Å². The summed E-state index contributed by atoms with van der Waals surface area (Å²) in [6, 6.07) is 12.3. The smallest absolute Gasteiger partial charge is 0.272 e. The fourth-order valence-corrected chi connectivity index (χ4v) is 2.93. The van der Waals surface area contributed by atoms with Crippen LogP contribution in [0.15, 0.2) is 58.5 Å². The highest BCUT2D eigenvalue weighted by Gasteiger charge is 2.10. The van der Waals surface area contributed by atoms with Crippen molar-refractivity contribution in [3.05, 3.63) is 69.1 Å². The zero-order valence-corrected chi connectivity index (χ0v) is 14.2. The number of aromatic amines is 1. The fourth-order valence-electron chi connectivity index (χ4n) is 1.97. The van der Waals surface area contributed by atoms with Gasteiger partial charge >= 0.3 is 0 Å². The first kappa shape index (κ1) is 15.5. The molecule has 3 aromatic rings. The molecular weight excluding hydrogens is 378 g/mol. The standard InChI is InChI=1S/C16H12BrN3O2S/c17-10-7-13(18-9-10)15(21)19-11-3-1-4-12(8-11)20-16(22)14-5-2-6-23-14/h1-9,18H,(H,19,21)(H,20,22). The van der Waals surface area contributed by atoms with Gasteiger partial charge in [-0.15, -0.1) is 11.3 Å². The van der Waals surface area contributed by atoms with Crippen LogP contribution in [0.3, 0.4) is 0 Å². The molecule has 0 aliphatic heterocycles. The van der Waals surface area contributed by atoms with E-state index >= 15 is 0 Å². The van der Waals surface area contributed by atoms with E-state index in [9.17, 15) is 9.59 Å². The number of carbonyl (C=O) groups is 2. The molecule has 5 nitrogen and oxygen atoms in total. The molecule has 0 radical (unpaired) electrons. The van der Waals surface area contributed by atoms with E-state index in [1.807, 2.05) is 11.4 Å². The second-order valence-corrected chi connectivity index (χ2v) is 6.56. The van der Waals surface area contributed by atoms with Gasteiger partial charge in [0.2, 0.25) is 0 Å². The van der Waals surface area contributed by atoms with Crippen molar-refractivity contribution in [2.24, 2.45) is 0 Å². The predicted octanol–water partition coefficient (Wildman–Crippen LogP) is 4.34. The van der Waals surface area contributed by atoms with E-state index in [0.29, 0.717) is 21.9 Å². The van der Waals surface area contributed by atoms with Crippen molar-refractivity contribution in [1.29, 1.82) is 0 Å². The molecule has 0 aliphatic rings. The number of halogens is 1. The molecule has 0 atom stereocenters. The molecule has 3 N–H and O–H groups in total. The molecular formula is C16H12BrN3O2S. The molecule has 0 unspecified atom stereocenters. The Hall–Kier alpha value is -2.38. The lowest BCUT2D eigenvalue weighted by molar-refractivity contribution is 0.101. The van der Waals surface area contributed by atoms with Crippen molar-refractivity contribution in [3.63, 3.8) is 0 Å². The topological polar surface area (TPSA) is 74.0 Å². The lowest BCUT2D eigenvalue weighted by Crippen LogP contribution is -2.13. The second-order valence-electron chi connectivity index (χ2n) is 4.70. The third-order valence-electron chi connectivity index (χ3n) is 3.02. The minimum absolute atomic E-state index is 0.170. The molecule has 116 valence electrons. The third-order valence-corrected chi connectivity index (χ3v) is 4.34. The van der Waals surface area contributed by atoms with Gasteiger partial charge in [-0.25, -0.2) is 0 Å². The molecule has 7 heteroatoms. The number of carbonyl (C=O) groups excluding carboxylic acids is 2. The summed E-state index contributed by atoms with van der Waals surface area (Å²) in [6.07, 6.45) is 1.69. The van der Waals surface area contributed by atoms with E-state index in [2.05, 4.69) is 31.5 Å². The summed E-state index contributed by atoms with van der Waals surface area (Å²) < 4.78 is 0.805. The second kappa shape index (κ2) is 6.80. The number of hydrogen-bond donors (Lipinski definition) is 3. The Bertz CT molecular complexity index is 843. The van der Waals surface area contributed by atoms with Crippen LogP contribution in [-0.4, -0.2) is 16.8 Å². The third kappa shape index (κ3) is 3.88. The minimum atomic E-state index is -0.252. The van der Waals surface area contributed by atoms with Crippen molar-refractivity contribution < 1.29 is 9.59 Å². The number of anilines is 2. The number of amides is 2. The van der Waals surface area contributed by atoms with Crippen LogP contribution in [-0.2, 0) is 0 Å². The summed E-state index contributed by atoms with van der Waals surface area (Å²) in [7, 11) is 0. The van der Waals surface area contributed by atoms with Gasteiger partial charge in [-0.2, -0.15) is 0 Å². The van der Waals surface area contributed by atoms with Crippen molar-refractivity contribution in [2.75, 3.05) is 10.6 Å². The van der Waals surface area contributed by atoms with Gasteiger partial charge in [0.25, 0.3) is 11.8 Å². The first-order chi connectivity index (χ1) is 11.1. The number of nitrogens with one attached hydrogen (secondary N) is 3. The average Bonchev–Trinajstić information content (AvgIpc) is 3.18. The Morgan fingerprint density at radius 3 is 2.35 bits per heavy atom. The Morgan fingerprint density at radius 2 is 1.74 bits per heavy atom. The van der Waals surface area contributed by atoms with Crippen LogP contribution in [0.1, 0.15) is 20.2 Å². The van der Waals surface area contributed by atoms with Crippen LogP contribution in [0.2, 0.25) is 0 Å². The fraction of sp³-hybridized carbons (Fsp3) is 0. The maximum absolute atomic E-state index is 12.1. The van der Waals surface area contributed by atoms with E-state index in [1.54, 1.807) is 42.6 Å². The molecule has 0 spiro atoms. The minimum Gasteiger partial charge on any atom is -0.356 e. The quantitative estimate of drug-likeness (QED) is 0.620. The van der Waals surface area contributed by atoms with Gasteiger partial charge in [-0.05, 0) is 51.6 Å². The number of H-pyrrole nitrogens is 1. The number of rotatable bonds is 4. The number of thiophene rings is 1. The monoisotopic (exact) mass is 389 g/mol. The maximum Gasteiger partial charge on any atom is 0.272 e. The van der Waals surface area contributed by atoms with Gasteiger partial charge < -0.3 is 15.6 Å². The van der Waals surface area contributed by atoms with Gasteiger partial charge in [0.15, 0.2) is 0 Å². The predicted molar refractivity (Wildman–Crippen MR) is 95.2 cm³/mol. The molecule has 0 saturated heterocycles. The highest BCUT2D eigenvalue weighted by molar-refractivity contribution is 9.10. The Labute approximate surface area is 144 Å². The van der Waals surface area contributed by atoms with Crippen LogP contribution < -0.4 is 10.6 Å². The highest BCUT2D eigenvalue weighted by atomic mass is 79.9. The summed E-state index contributed by atoms with van der Waals surface area (Å²) in [5.41, 5.74) is 1.67. The van der Waals surface area contributed by atoms with Crippen LogP contribution in [0.5, 0.6) is 0 Å². The van der Waals surface area contributed by atoms with Crippen molar-refractivity contribution in [2.45, 2.75) is 0 Å². The summed E-state index contributed by atoms with van der Waals surface area (Å²) in [6.45, 7) is 0. The number of hydrogen-bond acceptors (Lipinski definition) is 3. The van der Waals surface area contributed by atoms with Crippen molar-refractivity contribution in [3.8, 4) is 0 Å². The Kier molecular flexibility index (Phi) is 4.59. The Balaban J connectivity index is 1.70. The van der Waals surface area contributed by atoms with Gasteiger partial charge in [-0.1, -0.05) is 12.1 Å². The Morgan fingerprint density at radius 1 is 1.00 bits per heavy atom. The average molecular weight is 390 g/mol. The molecule has 1 aromatic carbocycles. The number of benzene rings is 1. The first-order valence-corrected chi connectivity index (χ1v) is 8.39. The summed E-state index contributed by atoms with van der Waals surface area (Å²) in [5, 5.41) is 7.43. The van der Waals surface area contributed by atoms with Gasteiger partial charge in [-0.3, -0.25) is 9.59 Å². The van der Waals surface area contributed by atoms with Crippen LogP contribution in [0.25, 0.3) is 0 Å². The van der Waals surface area contributed by atoms with E-state index in [0.717, 1.165) is 4.47 Å². The first-order valence-electron chi connectivity index (χ1n) is 6.72. The summed E-state index contributed by atoms with van der Waals surface area (Å²) >= 11 is 4.66. The number of aromatic nitrogens is 1. The highest BCUT2D eigenvalue weighted by Crippen LogP contribution is 2.19. The van der Waals surface area contributed by atoms with Crippen molar-refractivity contribution in [1.82, 2.24) is 4.98 Å². The lowest BCUT2D eigenvalue weighted by Gasteiger charge is -2.07. The van der Waals surface area contributed by atoms with E-state index in [4.69, 9.17) is 0 Å². The molecule has 0 aliphatic carbocycles. The molecule has 23 heavy (non-hydrogen) atoms. The molecule has 0 bridgehead atoms. The SMILES string of the molecule is O=C(Nc1cccc(NC(=O)c2cccs2)c1)c1cc(Br)c[nH]1. The summed E-state index contributed by atoms with van der Waals surface area (Å²) in [4.78, 5) is 27.6. The molecule has 2 heterocycles. The zero-order valence-electron chi connectivity index (χ0n) is 11.8. The van der Waals surface area contributed by atoms with E-state index in [1.165, 1.54) is 11.3 Å². The summed E-state index contributed by atoms with van der Waals surface area (Å²) in [5.74, 6) is -0.422. The maximum atomic E-state index is 12.1. The normalized spacial score (nSPS) is 10.3. The zero-order chi connectivity index (χ0) is 16.2. The largest absolute Gasteiger partial charge is 0.356 e. The van der Waals surface area contributed by atoms with E-state index in [-0.39, 0.29) is 11.8 Å². The van der Waals surface area contributed by atoms with Crippen LogP contribution >= 0.6 is 27.3 Å². The molecule has 3 rings (SSSR count). The molecule has 2 amide bonds. The van der Waals surface area contributed by atoms with Gasteiger partial charge in [0, 0.05) is 22.0 Å². The van der Waals surface area contributed by atoms with Crippen molar-refractivity contribution >= 4 is 50.5 Å².